The molecule has 8 nitrogen and oxygen atoms in total. The first-order valence-electron chi connectivity index (χ1n) is 8.39. The van der Waals surface area contributed by atoms with Crippen LogP contribution in [0.5, 0.6) is 0 Å². The second-order valence-corrected chi connectivity index (χ2v) is 6.12. The van der Waals surface area contributed by atoms with E-state index in [1.165, 1.54) is 30.0 Å². The first-order valence-corrected chi connectivity index (χ1v) is 8.39. The highest BCUT2D eigenvalue weighted by molar-refractivity contribution is 6.42. The Balaban J connectivity index is 1.93. The normalized spacial score (nSPS) is 18.1. The second-order valence-electron chi connectivity index (χ2n) is 6.12. The molecule has 2 unspecified atom stereocenters. The van der Waals surface area contributed by atoms with Crippen LogP contribution in [0.4, 0.5) is 10.3 Å². The number of hydrogen-bond donors (Lipinski definition) is 0. The minimum Gasteiger partial charge on any atom is -0.465 e. The van der Waals surface area contributed by atoms with Gasteiger partial charge in [-0.2, -0.15) is 0 Å². The molecule has 140 valence electrons. The molecule has 1 aliphatic rings. The van der Waals surface area contributed by atoms with Crippen LogP contribution in [0.1, 0.15) is 22.0 Å². The number of hydrogen-bond acceptors (Lipinski definition) is 7. The molecule has 1 aliphatic heterocycles. The zero-order valence-electron chi connectivity index (χ0n) is 14.7. The van der Waals surface area contributed by atoms with E-state index in [-0.39, 0.29) is 17.4 Å². The third kappa shape index (κ3) is 2.96. The largest absolute Gasteiger partial charge is 0.465 e. The van der Waals surface area contributed by atoms with E-state index < -0.39 is 23.7 Å². The number of methoxy groups -OCH3 is 1. The van der Waals surface area contributed by atoms with Crippen molar-refractivity contribution in [3.63, 3.8) is 0 Å². The van der Waals surface area contributed by atoms with Crippen molar-refractivity contribution in [3.05, 3.63) is 71.5 Å². The first-order chi connectivity index (χ1) is 13.6. The monoisotopic (exact) mass is 379 g/mol. The average Bonchev–Trinajstić information content (AvgIpc) is 3.20. The van der Waals surface area contributed by atoms with E-state index in [0.29, 0.717) is 11.1 Å². The molecule has 0 fully saturated rings. The van der Waals surface area contributed by atoms with Crippen molar-refractivity contribution in [2.45, 2.75) is 6.04 Å². The van der Waals surface area contributed by atoms with Gasteiger partial charge in [-0.1, -0.05) is 47.6 Å². The minimum atomic E-state index is -1.09. The summed E-state index contributed by atoms with van der Waals surface area (Å²) in [4.78, 5) is 30.0. The average molecular weight is 379 g/mol. The molecule has 4 rings (SSSR count). The summed E-state index contributed by atoms with van der Waals surface area (Å²) in [5.74, 6) is -2.69. The van der Waals surface area contributed by atoms with Gasteiger partial charge in [0.25, 0.3) is 5.95 Å². The fraction of sp³-hybridized carbons (Fsp3) is 0.158. The van der Waals surface area contributed by atoms with Crippen LogP contribution in [0.3, 0.4) is 0 Å². The van der Waals surface area contributed by atoms with Crippen LogP contribution in [0.25, 0.3) is 0 Å². The van der Waals surface area contributed by atoms with E-state index >= 15 is 0 Å². The molecule has 0 N–H and O–H groups in total. The smallest absolute Gasteiger partial charge is 0.353 e. The predicted molar refractivity (Wildman–Crippen MR) is 95.7 cm³/mol. The van der Waals surface area contributed by atoms with Gasteiger partial charge in [0.15, 0.2) is 5.78 Å². The van der Waals surface area contributed by atoms with Crippen LogP contribution in [0.15, 0.2) is 59.6 Å². The number of halogens is 1. The number of aromatic nitrogens is 4. The molecule has 9 heteroatoms. The summed E-state index contributed by atoms with van der Waals surface area (Å²) in [7, 11) is 1.20. The Hall–Kier alpha value is -3.75. The number of benzene rings is 2. The van der Waals surface area contributed by atoms with Gasteiger partial charge in [-0.15, -0.1) is 0 Å². The number of tetrazole rings is 1. The molecule has 3 aromatic rings. The third-order valence-electron chi connectivity index (χ3n) is 4.50. The van der Waals surface area contributed by atoms with Crippen LogP contribution in [-0.2, 0) is 9.53 Å². The van der Waals surface area contributed by atoms with Crippen molar-refractivity contribution in [3.8, 4) is 0 Å². The van der Waals surface area contributed by atoms with Crippen molar-refractivity contribution in [1.29, 1.82) is 0 Å². The highest BCUT2D eigenvalue weighted by Gasteiger charge is 2.44. The van der Waals surface area contributed by atoms with E-state index in [2.05, 4.69) is 20.5 Å². The van der Waals surface area contributed by atoms with Gasteiger partial charge in [-0.25, -0.2) is 18.9 Å². The standard InChI is InChI=1S/C19H14FN5O3/c1-28-18(27)15-14(17(26)11-6-3-2-4-7-11)16(12-8-5-9-13(20)10-12)25-19(21-15)22-23-24-25/h2-10,14,16H,1H3. The lowest BCUT2D eigenvalue weighted by atomic mass is 9.82. The van der Waals surface area contributed by atoms with Crippen LogP contribution >= 0.6 is 0 Å². The fourth-order valence-corrected chi connectivity index (χ4v) is 3.26. The van der Waals surface area contributed by atoms with E-state index in [1.54, 1.807) is 36.4 Å². The van der Waals surface area contributed by atoms with Gasteiger partial charge in [-0.05, 0) is 28.1 Å². The van der Waals surface area contributed by atoms with Gasteiger partial charge < -0.3 is 4.74 Å². The van der Waals surface area contributed by atoms with Crippen molar-refractivity contribution in [2.24, 2.45) is 10.9 Å². The Labute approximate surface area is 158 Å². The molecule has 0 radical (unpaired) electrons. The summed E-state index contributed by atoms with van der Waals surface area (Å²) in [6.45, 7) is 0. The van der Waals surface area contributed by atoms with Crippen molar-refractivity contribution in [1.82, 2.24) is 20.2 Å². The Morgan fingerprint density at radius 1 is 1.11 bits per heavy atom. The van der Waals surface area contributed by atoms with E-state index in [0.717, 1.165) is 0 Å². The molecule has 2 heterocycles. The Morgan fingerprint density at radius 3 is 2.61 bits per heavy atom. The van der Waals surface area contributed by atoms with Crippen LogP contribution in [0.2, 0.25) is 0 Å². The zero-order valence-corrected chi connectivity index (χ0v) is 14.7. The molecule has 2 aromatic carbocycles. The van der Waals surface area contributed by atoms with Gasteiger partial charge in [0.05, 0.1) is 19.1 Å². The number of carbonyl (C=O) groups excluding carboxylic acids is 2. The summed E-state index contributed by atoms with van der Waals surface area (Å²) in [6, 6.07) is 13.3. The van der Waals surface area contributed by atoms with Gasteiger partial charge >= 0.3 is 5.97 Å². The lowest BCUT2D eigenvalue weighted by Crippen LogP contribution is -2.41. The van der Waals surface area contributed by atoms with E-state index in [4.69, 9.17) is 4.74 Å². The van der Waals surface area contributed by atoms with Crippen molar-refractivity contribution < 1.29 is 18.7 Å². The van der Waals surface area contributed by atoms with Crippen LogP contribution in [0, 0.1) is 11.7 Å². The zero-order chi connectivity index (χ0) is 19.7. The topological polar surface area (TPSA) is 99.3 Å². The SMILES string of the molecule is COC(=O)C1=Nc2nnnn2C(c2cccc(F)c2)C1C(=O)c1ccccc1. The number of Topliss-reactive ketones (excluding diaryl/α,β-unsaturated/α-hetero) is 1. The van der Waals surface area contributed by atoms with Gasteiger partial charge in [-0.3, -0.25) is 4.79 Å². The predicted octanol–water partition coefficient (Wildman–Crippen LogP) is 2.16. The summed E-state index contributed by atoms with van der Waals surface area (Å²) in [5, 5.41) is 11.3. The molecule has 0 saturated carbocycles. The van der Waals surface area contributed by atoms with Crippen LogP contribution in [-0.4, -0.2) is 44.8 Å². The maximum atomic E-state index is 13.9. The molecule has 2 atom stereocenters. The molecule has 0 saturated heterocycles. The Kier molecular flexibility index (Phi) is 4.48. The van der Waals surface area contributed by atoms with E-state index in [1.807, 2.05) is 0 Å². The minimum absolute atomic E-state index is 0.0340. The fourth-order valence-electron chi connectivity index (χ4n) is 3.26. The number of nitrogens with zero attached hydrogens (tertiary/aromatic N) is 5. The maximum Gasteiger partial charge on any atom is 0.353 e. The highest BCUT2D eigenvalue weighted by atomic mass is 19.1. The number of ether oxygens (including phenoxy) is 1. The van der Waals surface area contributed by atoms with Gasteiger partial charge in [0.2, 0.25) is 0 Å². The maximum absolute atomic E-state index is 13.9. The van der Waals surface area contributed by atoms with Gasteiger partial charge in [0, 0.05) is 5.56 Å². The molecule has 28 heavy (non-hydrogen) atoms. The molecule has 0 bridgehead atoms. The van der Waals surface area contributed by atoms with Crippen LogP contribution < -0.4 is 0 Å². The highest BCUT2D eigenvalue weighted by Crippen LogP contribution is 2.37. The van der Waals surface area contributed by atoms with Gasteiger partial charge in [0.1, 0.15) is 11.5 Å². The third-order valence-corrected chi connectivity index (χ3v) is 4.50. The molecule has 0 amide bonds. The summed E-state index contributed by atoms with van der Waals surface area (Å²) < 4.78 is 20.1. The van der Waals surface area contributed by atoms with Crippen molar-refractivity contribution >= 4 is 23.4 Å². The molecule has 1 aromatic heterocycles. The number of esters is 1. The van der Waals surface area contributed by atoms with E-state index in [9.17, 15) is 14.0 Å². The molecule has 0 aliphatic carbocycles. The lowest BCUT2D eigenvalue weighted by Gasteiger charge is -2.29. The number of carbonyl (C=O) groups is 2. The molecular weight excluding hydrogens is 365 g/mol. The summed E-state index contributed by atoms with van der Waals surface area (Å²) in [6.07, 6.45) is 0. The molecular formula is C19H14FN5O3. The summed E-state index contributed by atoms with van der Waals surface area (Å²) in [5.41, 5.74) is 0.675. The number of ketones is 1. The second kappa shape index (κ2) is 7.10. The number of fused-ring (bicyclic) bond motifs is 1. The number of aliphatic imine (C=N–C) groups is 1. The Morgan fingerprint density at radius 2 is 1.89 bits per heavy atom. The number of rotatable bonds is 4. The lowest BCUT2D eigenvalue weighted by molar-refractivity contribution is -0.133. The summed E-state index contributed by atoms with van der Waals surface area (Å²) >= 11 is 0. The first kappa shape index (κ1) is 17.7. The molecule has 0 spiro atoms. The quantitative estimate of drug-likeness (QED) is 0.509. The Bertz CT molecular complexity index is 1080. The van der Waals surface area contributed by atoms with Crippen molar-refractivity contribution in [2.75, 3.05) is 7.11 Å².